The van der Waals surface area contributed by atoms with Crippen molar-refractivity contribution in [3.05, 3.63) is 62.6 Å². The zero-order valence-electron chi connectivity index (χ0n) is 11.2. The van der Waals surface area contributed by atoms with Crippen molar-refractivity contribution in [1.82, 2.24) is 5.32 Å². The SMILES string of the molecule is CC(NC(=O)c1cc(N)cc(Cl)c1)c1ccc(Cl)c(Cl)c1. The van der Waals surface area contributed by atoms with Crippen LogP contribution in [0.3, 0.4) is 0 Å². The topological polar surface area (TPSA) is 55.1 Å². The van der Waals surface area contributed by atoms with Crippen LogP contribution < -0.4 is 11.1 Å². The molecule has 0 radical (unpaired) electrons. The van der Waals surface area contributed by atoms with Crippen molar-refractivity contribution in [2.45, 2.75) is 13.0 Å². The van der Waals surface area contributed by atoms with Crippen LogP contribution in [0.25, 0.3) is 0 Å². The molecular formula is C15H13Cl3N2O. The van der Waals surface area contributed by atoms with Gasteiger partial charge in [0.05, 0.1) is 16.1 Å². The van der Waals surface area contributed by atoms with Crippen LogP contribution in [0.15, 0.2) is 36.4 Å². The highest BCUT2D eigenvalue weighted by atomic mass is 35.5. The number of carbonyl (C=O) groups excluding carboxylic acids is 1. The van der Waals surface area contributed by atoms with E-state index in [2.05, 4.69) is 5.32 Å². The Morgan fingerprint density at radius 1 is 1.10 bits per heavy atom. The minimum atomic E-state index is -0.261. The first-order valence-corrected chi connectivity index (χ1v) is 7.32. The standard InChI is InChI=1S/C15H13Cl3N2O/c1-8(9-2-3-13(17)14(18)6-9)20-15(21)10-4-11(16)7-12(19)5-10/h2-8H,19H2,1H3,(H,20,21). The molecule has 0 aliphatic carbocycles. The number of carbonyl (C=O) groups is 1. The predicted molar refractivity (Wildman–Crippen MR) is 88.2 cm³/mol. The molecule has 0 aromatic heterocycles. The third kappa shape index (κ3) is 4.03. The summed E-state index contributed by atoms with van der Waals surface area (Å²) >= 11 is 17.7. The monoisotopic (exact) mass is 342 g/mol. The van der Waals surface area contributed by atoms with E-state index in [0.717, 1.165) is 5.56 Å². The van der Waals surface area contributed by atoms with Crippen molar-refractivity contribution in [3.63, 3.8) is 0 Å². The van der Waals surface area contributed by atoms with Gasteiger partial charge in [0, 0.05) is 16.3 Å². The van der Waals surface area contributed by atoms with Gasteiger partial charge in [-0.05, 0) is 42.8 Å². The number of nitrogens with one attached hydrogen (secondary N) is 1. The van der Waals surface area contributed by atoms with Crippen molar-refractivity contribution in [3.8, 4) is 0 Å². The van der Waals surface area contributed by atoms with E-state index >= 15 is 0 Å². The molecule has 0 aliphatic rings. The number of hydrogen-bond acceptors (Lipinski definition) is 2. The fraction of sp³-hybridized carbons (Fsp3) is 0.133. The normalized spacial score (nSPS) is 12.0. The largest absolute Gasteiger partial charge is 0.399 e. The second-order valence-electron chi connectivity index (χ2n) is 4.64. The van der Waals surface area contributed by atoms with Gasteiger partial charge in [-0.25, -0.2) is 0 Å². The van der Waals surface area contributed by atoms with Gasteiger partial charge in [-0.2, -0.15) is 0 Å². The summed E-state index contributed by atoms with van der Waals surface area (Å²) < 4.78 is 0. The van der Waals surface area contributed by atoms with Crippen molar-refractivity contribution in [2.24, 2.45) is 0 Å². The Morgan fingerprint density at radius 3 is 2.43 bits per heavy atom. The molecule has 2 aromatic rings. The molecule has 0 fully saturated rings. The van der Waals surface area contributed by atoms with Crippen LogP contribution >= 0.6 is 34.8 Å². The van der Waals surface area contributed by atoms with E-state index in [1.54, 1.807) is 30.3 Å². The fourth-order valence-corrected chi connectivity index (χ4v) is 2.44. The lowest BCUT2D eigenvalue weighted by Crippen LogP contribution is -2.26. The van der Waals surface area contributed by atoms with E-state index in [9.17, 15) is 4.79 Å². The molecule has 1 atom stereocenters. The lowest BCUT2D eigenvalue weighted by molar-refractivity contribution is 0.0940. The smallest absolute Gasteiger partial charge is 0.251 e. The van der Waals surface area contributed by atoms with Crippen molar-refractivity contribution >= 4 is 46.4 Å². The Labute approximate surface area is 138 Å². The lowest BCUT2D eigenvalue weighted by Gasteiger charge is -2.15. The van der Waals surface area contributed by atoms with Crippen LogP contribution in [-0.4, -0.2) is 5.91 Å². The molecule has 1 amide bonds. The lowest BCUT2D eigenvalue weighted by atomic mass is 10.1. The van der Waals surface area contributed by atoms with Gasteiger partial charge >= 0.3 is 0 Å². The molecule has 0 aliphatic heterocycles. The maximum absolute atomic E-state index is 12.2. The summed E-state index contributed by atoms with van der Waals surface area (Å²) in [5, 5.41) is 4.20. The Hall–Kier alpha value is -1.42. The van der Waals surface area contributed by atoms with Gasteiger partial charge in [0.1, 0.15) is 0 Å². The van der Waals surface area contributed by atoms with Crippen LogP contribution in [0.1, 0.15) is 28.9 Å². The first-order chi connectivity index (χ1) is 9.86. The third-order valence-electron chi connectivity index (χ3n) is 2.97. The van der Waals surface area contributed by atoms with E-state index in [0.29, 0.717) is 26.3 Å². The Kier molecular flexibility index (Phi) is 4.99. The highest BCUT2D eigenvalue weighted by molar-refractivity contribution is 6.42. The van der Waals surface area contributed by atoms with Crippen molar-refractivity contribution in [1.29, 1.82) is 0 Å². The number of halogens is 3. The predicted octanol–water partition coefficient (Wildman–Crippen LogP) is 4.72. The minimum Gasteiger partial charge on any atom is -0.399 e. The minimum absolute atomic E-state index is 0.229. The van der Waals surface area contributed by atoms with Gasteiger partial charge < -0.3 is 11.1 Å². The highest BCUT2D eigenvalue weighted by Crippen LogP contribution is 2.26. The summed E-state index contributed by atoms with van der Waals surface area (Å²) in [5.41, 5.74) is 7.38. The molecule has 2 rings (SSSR count). The molecule has 2 aromatic carbocycles. The number of nitrogens with two attached hydrogens (primary N) is 1. The van der Waals surface area contributed by atoms with Crippen molar-refractivity contribution in [2.75, 3.05) is 5.73 Å². The van der Waals surface area contributed by atoms with Crippen molar-refractivity contribution < 1.29 is 4.79 Å². The second-order valence-corrected chi connectivity index (χ2v) is 5.89. The molecule has 0 saturated heterocycles. The molecule has 0 heterocycles. The molecule has 0 spiro atoms. The average Bonchev–Trinajstić information content (AvgIpc) is 2.40. The zero-order valence-corrected chi connectivity index (χ0v) is 13.4. The van der Waals surface area contributed by atoms with Crippen LogP contribution in [0, 0.1) is 0 Å². The van der Waals surface area contributed by atoms with E-state index in [1.165, 1.54) is 0 Å². The summed E-state index contributed by atoms with van der Waals surface area (Å²) in [5.74, 6) is -0.261. The van der Waals surface area contributed by atoms with Crippen LogP contribution in [0.2, 0.25) is 15.1 Å². The van der Waals surface area contributed by atoms with E-state index in [1.807, 2.05) is 13.0 Å². The molecule has 0 saturated carbocycles. The number of nitrogen functional groups attached to an aromatic ring is 1. The van der Waals surface area contributed by atoms with E-state index in [-0.39, 0.29) is 11.9 Å². The van der Waals surface area contributed by atoms with Gasteiger partial charge in [-0.1, -0.05) is 40.9 Å². The first kappa shape index (κ1) is 16.0. The molecule has 110 valence electrons. The second kappa shape index (κ2) is 6.56. The molecule has 3 N–H and O–H groups in total. The Bertz CT molecular complexity index is 668. The van der Waals surface area contributed by atoms with Gasteiger partial charge in [0.2, 0.25) is 0 Å². The maximum Gasteiger partial charge on any atom is 0.251 e. The Morgan fingerprint density at radius 2 is 1.81 bits per heavy atom. The Balaban J connectivity index is 2.16. The van der Waals surface area contributed by atoms with Crippen LogP contribution in [0.5, 0.6) is 0 Å². The highest BCUT2D eigenvalue weighted by Gasteiger charge is 2.13. The molecular weight excluding hydrogens is 331 g/mol. The summed E-state index contributed by atoms with van der Waals surface area (Å²) in [6.45, 7) is 1.85. The number of hydrogen-bond donors (Lipinski definition) is 2. The summed E-state index contributed by atoms with van der Waals surface area (Å²) in [4.78, 5) is 12.2. The van der Waals surface area contributed by atoms with E-state index in [4.69, 9.17) is 40.5 Å². The summed E-state index contributed by atoms with van der Waals surface area (Å²) in [7, 11) is 0. The van der Waals surface area contributed by atoms with Gasteiger partial charge in [0.15, 0.2) is 0 Å². The molecule has 3 nitrogen and oxygen atoms in total. The maximum atomic E-state index is 12.2. The summed E-state index contributed by atoms with van der Waals surface area (Å²) in [6, 6.07) is 9.72. The molecule has 0 bridgehead atoms. The number of rotatable bonds is 3. The van der Waals surface area contributed by atoms with E-state index < -0.39 is 0 Å². The summed E-state index contributed by atoms with van der Waals surface area (Å²) in [6.07, 6.45) is 0. The van der Waals surface area contributed by atoms with Gasteiger partial charge in [-0.15, -0.1) is 0 Å². The quantitative estimate of drug-likeness (QED) is 0.792. The molecule has 6 heteroatoms. The fourth-order valence-electron chi connectivity index (χ4n) is 1.89. The number of anilines is 1. The van der Waals surface area contributed by atoms with Crippen LogP contribution in [-0.2, 0) is 0 Å². The number of benzene rings is 2. The number of amides is 1. The average molecular weight is 344 g/mol. The molecule has 1 unspecified atom stereocenters. The van der Waals surface area contributed by atoms with Crippen LogP contribution in [0.4, 0.5) is 5.69 Å². The molecule has 21 heavy (non-hydrogen) atoms. The third-order valence-corrected chi connectivity index (χ3v) is 3.93. The first-order valence-electron chi connectivity index (χ1n) is 6.18. The zero-order chi connectivity index (χ0) is 15.6. The van der Waals surface area contributed by atoms with Gasteiger partial charge in [-0.3, -0.25) is 4.79 Å². The van der Waals surface area contributed by atoms with Gasteiger partial charge in [0.25, 0.3) is 5.91 Å².